The van der Waals surface area contributed by atoms with Crippen molar-refractivity contribution in [2.75, 3.05) is 26.2 Å². The number of aromatic nitrogens is 1. The first-order valence-corrected chi connectivity index (χ1v) is 7.17. The smallest absolute Gasteiger partial charge is 0.310 e. The highest BCUT2D eigenvalue weighted by atomic mass is 16.5. The monoisotopic (exact) mass is 278 g/mol. The molecule has 2 rings (SSSR count). The van der Waals surface area contributed by atoms with Crippen LogP contribution in [0.4, 0.5) is 0 Å². The quantitative estimate of drug-likeness (QED) is 0.825. The maximum atomic E-state index is 11.8. The van der Waals surface area contributed by atoms with E-state index in [1.54, 1.807) is 12.4 Å². The second-order valence-corrected chi connectivity index (χ2v) is 5.15. The lowest BCUT2D eigenvalue weighted by molar-refractivity contribution is -0.150. The third-order valence-corrected chi connectivity index (χ3v) is 3.65. The van der Waals surface area contributed by atoms with Gasteiger partial charge in [-0.15, -0.1) is 0 Å². The summed E-state index contributed by atoms with van der Waals surface area (Å²) in [4.78, 5) is 17.9. The van der Waals surface area contributed by atoms with Gasteiger partial charge in [-0.05, 0) is 44.0 Å². The van der Waals surface area contributed by atoms with E-state index < -0.39 is 6.10 Å². The molecular weight excluding hydrogens is 256 g/mol. The van der Waals surface area contributed by atoms with Crippen molar-refractivity contribution in [3.05, 3.63) is 30.1 Å². The molecule has 0 aliphatic carbocycles. The first kappa shape index (κ1) is 14.9. The number of carbonyl (C=O) groups excluding carboxylic acids is 1. The number of rotatable bonds is 5. The average molecular weight is 278 g/mol. The maximum absolute atomic E-state index is 11.8. The van der Waals surface area contributed by atoms with E-state index in [2.05, 4.69) is 9.88 Å². The number of hydrogen-bond acceptors (Lipinski definition) is 5. The number of esters is 1. The van der Waals surface area contributed by atoms with Gasteiger partial charge in [0.15, 0.2) is 0 Å². The topological polar surface area (TPSA) is 62.7 Å². The largest absolute Gasteiger partial charge is 0.466 e. The highest BCUT2D eigenvalue weighted by Gasteiger charge is 2.27. The van der Waals surface area contributed by atoms with Gasteiger partial charge in [0.05, 0.1) is 18.6 Å². The molecule has 0 aromatic carbocycles. The Morgan fingerprint density at radius 1 is 1.55 bits per heavy atom. The number of piperidine rings is 1. The molecule has 1 fully saturated rings. The predicted molar refractivity (Wildman–Crippen MR) is 75.0 cm³/mol. The Kier molecular flexibility index (Phi) is 5.49. The van der Waals surface area contributed by atoms with Crippen molar-refractivity contribution in [2.24, 2.45) is 5.92 Å². The van der Waals surface area contributed by atoms with Gasteiger partial charge in [0.25, 0.3) is 0 Å². The van der Waals surface area contributed by atoms with E-state index in [1.807, 2.05) is 19.1 Å². The van der Waals surface area contributed by atoms with Crippen molar-refractivity contribution >= 4 is 5.97 Å². The molecule has 0 bridgehead atoms. The van der Waals surface area contributed by atoms with Gasteiger partial charge in [-0.1, -0.05) is 0 Å². The Bertz CT molecular complexity index is 424. The number of aliphatic hydroxyl groups is 1. The minimum atomic E-state index is -0.543. The summed E-state index contributed by atoms with van der Waals surface area (Å²) in [5.74, 6) is -0.177. The van der Waals surface area contributed by atoms with Crippen LogP contribution < -0.4 is 0 Å². The summed E-state index contributed by atoms with van der Waals surface area (Å²) in [5.41, 5.74) is 0.859. The van der Waals surface area contributed by atoms with Crippen LogP contribution in [-0.4, -0.2) is 47.2 Å². The van der Waals surface area contributed by atoms with Crippen molar-refractivity contribution in [3.63, 3.8) is 0 Å². The normalized spacial score (nSPS) is 21.4. The van der Waals surface area contributed by atoms with Crippen LogP contribution in [0.2, 0.25) is 0 Å². The second-order valence-electron chi connectivity index (χ2n) is 5.15. The number of pyridine rings is 1. The molecule has 20 heavy (non-hydrogen) atoms. The molecule has 0 saturated carbocycles. The van der Waals surface area contributed by atoms with E-state index >= 15 is 0 Å². The minimum absolute atomic E-state index is 0.0617. The van der Waals surface area contributed by atoms with Crippen LogP contribution in [0.5, 0.6) is 0 Å². The molecule has 0 spiro atoms. The standard InChI is InChI=1S/C15H22N2O3/c1-2-20-15(19)13-4-3-9-17(10-13)11-14(18)12-5-7-16-8-6-12/h5-8,13-14,18H,2-4,9-11H2,1H3. The molecule has 1 aromatic heterocycles. The minimum Gasteiger partial charge on any atom is -0.466 e. The zero-order chi connectivity index (χ0) is 14.4. The summed E-state index contributed by atoms with van der Waals surface area (Å²) >= 11 is 0. The number of aliphatic hydroxyl groups excluding tert-OH is 1. The van der Waals surface area contributed by atoms with E-state index in [0.29, 0.717) is 19.7 Å². The van der Waals surface area contributed by atoms with Crippen LogP contribution >= 0.6 is 0 Å². The molecule has 1 saturated heterocycles. The fourth-order valence-electron chi connectivity index (χ4n) is 2.61. The Morgan fingerprint density at radius 2 is 2.30 bits per heavy atom. The van der Waals surface area contributed by atoms with Crippen molar-refractivity contribution in [3.8, 4) is 0 Å². The van der Waals surface area contributed by atoms with Gasteiger partial charge in [-0.25, -0.2) is 0 Å². The summed E-state index contributed by atoms with van der Waals surface area (Å²) in [6.07, 6.45) is 4.65. The number of hydrogen-bond donors (Lipinski definition) is 1. The van der Waals surface area contributed by atoms with Gasteiger partial charge in [-0.2, -0.15) is 0 Å². The fraction of sp³-hybridized carbons (Fsp3) is 0.600. The van der Waals surface area contributed by atoms with Crippen LogP contribution in [0.15, 0.2) is 24.5 Å². The summed E-state index contributed by atoms with van der Waals surface area (Å²) < 4.78 is 5.08. The van der Waals surface area contributed by atoms with Gasteiger partial charge in [0.1, 0.15) is 0 Å². The van der Waals surface area contributed by atoms with Crippen LogP contribution in [0.1, 0.15) is 31.4 Å². The van der Waals surface area contributed by atoms with Crippen LogP contribution in [0.3, 0.4) is 0 Å². The second kappa shape index (κ2) is 7.36. The summed E-state index contributed by atoms with van der Waals surface area (Å²) in [7, 11) is 0. The van der Waals surface area contributed by atoms with Gasteiger partial charge >= 0.3 is 5.97 Å². The summed E-state index contributed by atoms with van der Waals surface area (Å²) in [5, 5.41) is 10.2. The maximum Gasteiger partial charge on any atom is 0.310 e. The van der Waals surface area contributed by atoms with E-state index in [1.165, 1.54) is 0 Å². The zero-order valence-electron chi connectivity index (χ0n) is 11.9. The highest BCUT2D eigenvalue weighted by molar-refractivity contribution is 5.72. The molecule has 1 N–H and O–H groups in total. The molecule has 0 radical (unpaired) electrons. The van der Waals surface area contributed by atoms with E-state index in [4.69, 9.17) is 4.74 Å². The van der Waals surface area contributed by atoms with Gasteiger partial charge in [-0.3, -0.25) is 14.7 Å². The van der Waals surface area contributed by atoms with Crippen molar-refractivity contribution in [2.45, 2.75) is 25.9 Å². The number of nitrogens with zero attached hydrogens (tertiary/aromatic N) is 2. The van der Waals surface area contributed by atoms with Crippen molar-refractivity contribution < 1.29 is 14.6 Å². The molecule has 1 aliphatic rings. The molecule has 110 valence electrons. The van der Waals surface area contributed by atoms with Crippen molar-refractivity contribution in [1.29, 1.82) is 0 Å². The van der Waals surface area contributed by atoms with Crippen LogP contribution in [0.25, 0.3) is 0 Å². The third kappa shape index (κ3) is 4.02. The first-order chi connectivity index (χ1) is 9.70. The molecule has 2 unspecified atom stereocenters. The predicted octanol–water partition coefficient (Wildman–Crippen LogP) is 1.39. The first-order valence-electron chi connectivity index (χ1n) is 7.17. The molecule has 1 aliphatic heterocycles. The summed E-state index contributed by atoms with van der Waals surface area (Å²) in [6, 6.07) is 3.63. The van der Waals surface area contributed by atoms with E-state index in [0.717, 1.165) is 24.9 Å². The highest BCUT2D eigenvalue weighted by Crippen LogP contribution is 2.21. The number of carbonyl (C=O) groups is 1. The Hall–Kier alpha value is -1.46. The molecule has 0 amide bonds. The molecule has 2 heterocycles. The van der Waals surface area contributed by atoms with Gasteiger partial charge in [0, 0.05) is 25.5 Å². The Balaban J connectivity index is 1.88. The molecule has 2 atom stereocenters. The Morgan fingerprint density at radius 3 is 3.00 bits per heavy atom. The molecular formula is C15H22N2O3. The number of likely N-dealkylation sites (tertiary alicyclic amines) is 1. The van der Waals surface area contributed by atoms with Crippen molar-refractivity contribution in [1.82, 2.24) is 9.88 Å². The third-order valence-electron chi connectivity index (χ3n) is 3.65. The lowest BCUT2D eigenvalue weighted by Crippen LogP contribution is -2.41. The average Bonchev–Trinajstić information content (AvgIpc) is 2.48. The fourth-order valence-corrected chi connectivity index (χ4v) is 2.61. The molecule has 1 aromatic rings. The van der Waals surface area contributed by atoms with Crippen LogP contribution in [-0.2, 0) is 9.53 Å². The van der Waals surface area contributed by atoms with Crippen LogP contribution in [0, 0.1) is 5.92 Å². The van der Waals surface area contributed by atoms with Gasteiger partial charge in [0.2, 0.25) is 0 Å². The Labute approximate surface area is 119 Å². The molecule has 5 heteroatoms. The number of β-amino-alcohol motifs (C(OH)–C–C–N with tert-alkyl or cyclic N) is 1. The SMILES string of the molecule is CCOC(=O)C1CCCN(CC(O)c2ccncc2)C1. The summed E-state index contributed by atoms with van der Waals surface area (Å²) in [6.45, 7) is 4.37. The van der Waals surface area contributed by atoms with E-state index in [9.17, 15) is 9.90 Å². The lowest BCUT2D eigenvalue weighted by atomic mass is 9.97. The molecule has 5 nitrogen and oxygen atoms in total. The van der Waals surface area contributed by atoms with Gasteiger partial charge < -0.3 is 9.84 Å². The zero-order valence-corrected chi connectivity index (χ0v) is 11.9. The number of ether oxygens (including phenoxy) is 1. The lowest BCUT2D eigenvalue weighted by Gasteiger charge is -2.32. The van der Waals surface area contributed by atoms with E-state index in [-0.39, 0.29) is 11.9 Å².